The molecule has 0 aromatic carbocycles. The highest BCUT2D eigenvalue weighted by atomic mass is 16.5. The molecule has 0 radical (unpaired) electrons. The number of carbonyl (C=O) groups excluding carboxylic acids is 2. The highest BCUT2D eigenvalue weighted by molar-refractivity contribution is 5.68. The molecule has 0 aliphatic rings. The van der Waals surface area contributed by atoms with Crippen molar-refractivity contribution >= 4 is 11.9 Å². The summed E-state index contributed by atoms with van der Waals surface area (Å²) in [6.45, 7) is 6.66. The zero-order valence-electron chi connectivity index (χ0n) is 18.8. The Kier molecular flexibility index (Phi) is 33.6. The molecular weight excluding hydrogens is 342 g/mol. The molecule has 0 bridgehead atoms. The van der Waals surface area contributed by atoms with Crippen molar-refractivity contribution in [2.45, 2.75) is 111 Å². The number of nitrogens with two attached hydrogens (primary N) is 1. The van der Waals surface area contributed by atoms with Gasteiger partial charge in [0.15, 0.2) is 0 Å². The molecule has 0 spiro atoms. The van der Waals surface area contributed by atoms with Crippen molar-refractivity contribution in [1.29, 1.82) is 0 Å². The van der Waals surface area contributed by atoms with Crippen LogP contribution in [0.25, 0.3) is 0 Å². The van der Waals surface area contributed by atoms with Crippen molar-refractivity contribution in [3.8, 4) is 0 Å². The number of esters is 2. The number of methoxy groups -OCH3 is 2. The van der Waals surface area contributed by atoms with E-state index in [9.17, 15) is 9.59 Å². The molecule has 0 rings (SSSR count). The van der Waals surface area contributed by atoms with Gasteiger partial charge >= 0.3 is 11.9 Å². The first-order valence-electron chi connectivity index (χ1n) is 10.9. The van der Waals surface area contributed by atoms with Crippen LogP contribution in [0.1, 0.15) is 111 Å². The fraction of sp³-hybridized carbons (Fsp3) is 0.909. The van der Waals surface area contributed by atoms with Crippen LogP contribution in [0, 0.1) is 0 Å². The molecule has 0 aromatic heterocycles. The lowest BCUT2D eigenvalue weighted by Gasteiger charge is -2.01. The lowest BCUT2D eigenvalue weighted by Crippen LogP contribution is -1.97. The second kappa shape index (κ2) is 29.7. The van der Waals surface area contributed by atoms with Gasteiger partial charge in [0.2, 0.25) is 0 Å². The van der Waals surface area contributed by atoms with E-state index in [-0.39, 0.29) is 11.9 Å². The zero-order valence-corrected chi connectivity index (χ0v) is 18.8. The maximum absolute atomic E-state index is 9.96. The molecule has 2 N–H and O–H groups in total. The molecule has 0 saturated heterocycles. The monoisotopic (exact) mass is 389 g/mol. The van der Waals surface area contributed by atoms with E-state index in [1.54, 1.807) is 13.8 Å². The first-order chi connectivity index (χ1) is 13.0. The molecule has 0 aliphatic carbocycles. The summed E-state index contributed by atoms with van der Waals surface area (Å²) in [5.74, 6) is -0.315. The number of carbonyl (C=O) groups is 2. The summed E-state index contributed by atoms with van der Waals surface area (Å²) in [6, 6.07) is 0. The van der Waals surface area contributed by atoms with Gasteiger partial charge in [0.05, 0.1) is 14.2 Å². The molecule has 164 valence electrons. The predicted octanol–water partition coefficient (Wildman–Crippen LogP) is 5.79. The summed E-state index contributed by atoms with van der Waals surface area (Å²) in [6.07, 6.45) is 17.8. The van der Waals surface area contributed by atoms with E-state index in [0.29, 0.717) is 12.8 Å². The average molecular weight is 390 g/mol. The molecule has 0 unspecified atom stereocenters. The van der Waals surface area contributed by atoms with Gasteiger partial charge in [-0.25, -0.2) is 0 Å². The van der Waals surface area contributed by atoms with Crippen LogP contribution in [-0.4, -0.2) is 32.7 Å². The summed E-state index contributed by atoms with van der Waals surface area (Å²) in [7, 11) is 2.76. The summed E-state index contributed by atoms with van der Waals surface area (Å²) in [5.41, 5.74) is 5.45. The third-order valence-electron chi connectivity index (χ3n) is 4.09. The number of rotatable bonds is 14. The Morgan fingerprint density at radius 1 is 0.593 bits per heavy atom. The SMILES string of the molecule is CCC(=O)OC.CCC(=O)OC.CCCCCCCCCCCCCCN. The summed E-state index contributed by atoms with van der Waals surface area (Å²) >= 11 is 0. The molecule has 0 fully saturated rings. The van der Waals surface area contributed by atoms with Gasteiger partial charge in [-0.3, -0.25) is 9.59 Å². The van der Waals surface area contributed by atoms with Crippen LogP contribution in [-0.2, 0) is 19.1 Å². The van der Waals surface area contributed by atoms with Gasteiger partial charge in [-0.05, 0) is 13.0 Å². The zero-order chi connectivity index (χ0) is 21.2. The van der Waals surface area contributed by atoms with Crippen LogP contribution in [0.4, 0.5) is 0 Å². The van der Waals surface area contributed by atoms with E-state index in [4.69, 9.17) is 5.73 Å². The average Bonchev–Trinajstić information content (AvgIpc) is 2.71. The number of unbranched alkanes of at least 4 members (excludes halogenated alkanes) is 11. The summed E-state index contributed by atoms with van der Waals surface area (Å²) in [4.78, 5) is 19.9. The van der Waals surface area contributed by atoms with Crippen LogP contribution in [0.15, 0.2) is 0 Å². The minimum absolute atomic E-state index is 0.157. The van der Waals surface area contributed by atoms with Crippen molar-refractivity contribution in [1.82, 2.24) is 0 Å². The Hall–Kier alpha value is -1.10. The number of ether oxygens (including phenoxy) is 2. The van der Waals surface area contributed by atoms with Crippen LogP contribution in [0.2, 0.25) is 0 Å². The van der Waals surface area contributed by atoms with E-state index < -0.39 is 0 Å². The lowest BCUT2D eigenvalue weighted by molar-refractivity contribution is -0.141. The normalized spacial score (nSPS) is 9.41. The minimum atomic E-state index is -0.157. The van der Waals surface area contributed by atoms with E-state index in [1.807, 2.05) is 0 Å². The highest BCUT2D eigenvalue weighted by Gasteiger charge is 1.92. The van der Waals surface area contributed by atoms with Gasteiger partial charge < -0.3 is 15.2 Å². The fourth-order valence-corrected chi connectivity index (χ4v) is 2.27. The maximum atomic E-state index is 9.96. The Bertz CT molecular complexity index is 256. The molecule has 5 nitrogen and oxygen atoms in total. The summed E-state index contributed by atoms with van der Waals surface area (Å²) < 4.78 is 8.52. The van der Waals surface area contributed by atoms with Gasteiger partial charge in [-0.2, -0.15) is 0 Å². The van der Waals surface area contributed by atoms with Crippen molar-refractivity contribution in [2.24, 2.45) is 5.73 Å². The third kappa shape index (κ3) is 36.6. The smallest absolute Gasteiger partial charge is 0.305 e. The largest absolute Gasteiger partial charge is 0.469 e. The Labute approximate surface area is 168 Å². The molecule has 27 heavy (non-hydrogen) atoms. The second-order valence-electron chi connectivity index (χ2n) is 6.54. The van der Waals surface area contributed by atoms with Crippen molar-refractivity contribution in [3.63, 3.8) is 0 Å². The van der Waals surface area contributed by atoms with Crippen molar-refractivity contribution in [3.05, 3.63) is 0 Å². The van der Waals surface area contributed by atoms with Crippen LogP contribution in [0.3, 0.4) is 0 Å². The van der Waals surface area contributed by atoms with Gasteiger partial charge in [0.25, 0.3) is 0 Å². The molecule has 0 amide bonds. The topological polar surface area (TPSA) is 78.6 Å². The van der Waals surface area contributed by atoms with Crippen LogP contribution in [0.5, 0.6) is 0 Å². The quantitative estimate of drug-likeness (QED) is 0.301. The molecule has 0 saturated carbocycles. The minimum Gasteiger partial charge on any atom is -0.469 e. The van der Waals surface area contributed by atoms with Crippen LogP contribution >= 0.6 is 0 Å². The molecule has 0 aliphatic heterocycles. The Balaban J connectivity index is -0.000000394. The third-order valence-corrected chi connectivity index (χ3v) is 4.09. The van der Waals surface area contributed by atoms with Crippen molar-refractivity contribution in [2.75, 3.05) is 20.8 Å². The molecule has 0 aromatic rings. The molecular formula is C22H47NO4. The second-order valence-corrected chi connectivity index (χ2v) is 6.54. The van der Waals surface area contributed by atoms with Gasteiger partial charge in [-0.1, -0.05) is 91.4 Å². The number of hydrogen-bond acceptors (Lipinski definition) is 5. The standard InChI is InChI=1S/C14H31N.2C4H8O2/c1-2-3-4-5-6-7-8-9-10-11-12-13-14-15;2*1-3-4(5)6-2/h2-15H2,1H3;2*3H2,1-2H3. The Morgan fingerprint density at radius 2 is 0.889 bits per heavy atom. The van der Waals surface area contributed by atoms with Gasteiger partial charge in [-0.15, -0.1) is 0 Å². The van der Waals surface area contributed by atoms with E-state index in [1.165, 1.54) is 91.3 Å². The summed E-state index contributed by atoms with van der Waals surface area (Å²) in [5, 5.41) is 0. The first kappa shape index (κ1) is 30.6. The fourth-order valence-electron chi connectivity index (χ4n) is 2.27. The van der Waals surface area contributed by atoms with Crippen molar-refractivity contribution < 1.29 is 19.1 Å². The van der Waals surface area contributed by atoms with E-state index in [0.717, 1.165) is 6.54 Å². The first-order valence-corrected chi connectivity index (χ1v) is 10.9. The molecule has 0 atom stereocenters. The highest BCUT2D eigenvalue weighted by Crippen LogP contribution is 2.11. The van der Waals surface area contributed by atoms with Gasteiger partial charge in [0.1, 0.15) is 0 Å². The lowest BCUT2D eigenvalue weighted by atomic mass is 10.1. The number of hydrogen-bond donors (Lipinski definition) is 1. The molecule has 0 heterocycles. The predicted molar refractivity (Wildman–Crippen MR) is 115 cm³/mol. The van der Waals surface area contributed by atoms with Crippen LogP contribution < -0.4 is 5.73 Å². The molecule has 5 heteroatoms. The maximum Gasteiger partial charge on any atom is 0.305 e. The van der Waals surface area contributed by atoms with Gasteiger partial charge in [0, 0.05) is 12.8 Å². The Morgan fingerprint density at radius 3 is 1.07 bits per heavy atom. The van der Waals surface area contributed by atoms with E-state index in [2.05, 4.69) is 16.4 Å². The van der Waals surface area contributed by atoms with E-state index >= 15 is 0 Å².